The number of sulfonamides is 1. The van der Waals surface area contributed by atoms with E-state index in [1.54, 1.807) is 22.8 Å². The summed E-state index contributed by atoms with van der Waals surface area (Å²) in [4.78, 5) is 29.8. The molecule has 1 aliphatic heterocycles. The van der Waals surface area contributed by atoms with Gasteiger partial charge in [0.1, 0.15) is 19.8 Å². The van der Waals surface area contributed by atoms with E-state index in [1.807, 2.05) is 0 Å². The highest BCUT2D eigenvalue weighted by Crippen LogP contribution is 2.35. The van der Waals surface area contributed by atoms with E-state index in [2.05, 4.69) is 9.71 Å². The van der Waals surface area contributed by atoms with Crippen LogP contribution in [0.3, 0.4) is 0 Å². The number of methoxy groups -OCH3 is 1. The molecule has 0 unspecified atom stereocenters. The molecule has 0 aliphatic carbocycles. The number of esters is 1. The lowest BCUT2D eigenvalue weighted by atomic mass is 10.2. The molecule has 1 aliphatic rings. The largest absolute Gasteiger partial charge is 0.486 e. The number of carbonyl (C=O) groups excluding carboxylic acids is 2. The first-order valence-electron chi connectivity index (χ1n) is 11.2. The van der Waals surface area contributed by atoms with Gasteiger partial charge in [-0.25, -0.2) is 8.42 Å². The van der Waals surface area contributed by atoms with Crippen LogP contribution in [0.5, 0.6) is 11.5 Å². The summed E-state index contributed by atoms with van der Waals surface area (Å²) in [7, 11) is -2.64. The number of hydrogen-bond donors (Lipinski definition) is 1. The van der Waals surface area contributed by atoms with E-state index in [9.17, 15) is 18.0 Å². The number of halogens is 1. The molecule has 1 aromatic heterocycles. The summed E-state index contributed by atoms with van der Waals surface area (Å²) < 4.78 is 46.4. The van der Waals surface area contributed by atoms with E-state index in [4.69, 9.17) is 25.8 Å². The summed E-state index contributed by atoms with van der Waals surface area (Å²) in [6, 6.07) is 15.2. The van der Waals surface area contributed by atoms with Crippen molar-refractivity contribution in [2.45, 2.75) is 11.4 Å². The SMILES string of the molecule is COC(=O)Cn1c(=NC(=O)c2cccc(NS(=O)(=O)c3ccc(Cl)cc3)c2)sc2cc3c(cc21)OCCO3. The second-order valence-electron chi connectivity index (χ2n) is 8.07. The highest BCUT2D eigenvalue weighted by molar-refractivity contribution is 7.92. The maximum Gasteiger partial charge on any atom is 0.325 e. The van der Waals surface area contributed by atoms with Crippen LogP contribution in [0.1, 0.15) is 10.4 Å². The summed E-state index contributed by atoms with van der Waals surface area (Å²) in [6.45, 7) is 0.635. The van der Waals surface area contributed by atoms with E-state index in [1.165, 1.54) is 60.9 Å². The maximum atomic E-state index is 13.1. The zero-order valence-corrected chi connectivity index (χ0v) is 22.2. The van der Waals surface area contributed by atoms with Gasteiger partial charge >= 0.3 is 5.97 Å². The molecule has 0 saturated heterocycles. The number of carbonyl (C=O) groups is 2. The molecule has 196 valence electrons. The van der Waals surface area contributed by atoms with Crippen LogP contribution in [-0.4, -0.2) is 45.2 Å². The van der Waals surface area contributed by atoms with Crippen LogP contribution in [0.2, 0.25) is 5.02 Å². The molecule has 13 heteroatoms. The first kappa shape index (κ1) is 25.8. The van der Waals surface area contributed by atoms with Crippen molar-refractivity contribution in [2.24, 2.45) is 4.99 Å². The number of thiazole rings is 1. The van der Waals surface area contributed by atoms with Gasteiger partial charge in [0, 0.05) is 28.4 Å². The quantitative estimate of drug-likeness (QED) is 0.347. The Morgan fingerprint density at radius 2 is 1.79 bits per heavy atom. The Labute approximate surface area is 226 Å². The van der Waals surface area contributed by atoms with Crippen molar-refractivity contribution in [2.75, 3.05) is 25.0 Å². The number of benzene rings is 3. The maximum absolute atomic E-state index is 13.1. The van der Waals surface area contributed by atoms with Crippen LogP contribution in [0.15, 0.2) is 70.6 Å². The number of amides is 1. The van der Waals surface area contributed by atoms with Crippen LogP contribution < -0.4 is 19.0 Å². The first-order chi connectivity index (χ1) is 18.2. The number of nitrogens with zero attached hydrogens (tertiary/aromatic N) is 2. The lowest BCUT2D eigenvalue weighted by molar-refractivity contribution is -0.141. The fourth-order valence-electron chi connectivity index (χ4n) is 3.73. The molecule has 5 rings (SSSR count). The van der Waals surface area contributed by atoms with E-state index in [0.717, 1.165) is 4.70 Å². The monoisotopic (exact) mass is 573 g/mol. The zero-order chi connectivity index (χ0) is 26.9. The molecule has 0 spiro atoms. The predicted octanol–water partition coefficient (Wildman–Crippen LogP) is 3.84. The van der Waals surface area contributed by atoms with Gasteiger partial charge in [-0.1, -0.05) is 29.0 Å². The Morgan fingerprint density at radius 1 is 1.08 bits per heavy atom. The summed E-state index contributed by atoms with van der Waals surface area (Å²) in [5.74, 6) is -0.0560. The average molecular weight is 574 g/mol. The first-order valence-corrected chi connectivity index (χ1v) is 13.9. The topological polar surface area (TPSA) is 125 Å². The molecule has 3 aromatic carbocycles. The second kappa shape index (κ2) is 10.5. The third-order valence-electron chi connectivity index (χ3n) is 5.54. The zero-order valence-electron chi connectivity index (χ0n) is 19.8. The number of aromatic nitrogens is 1. The lowest BCUT2D eigenvalue weighted by Gasteiger charge is -2.18. The fourth-order valence-corrected chi connectivity index (χ4v) is 5.95. The van der Waals surface area contributed by atoms with Crippen LogP contribution >= 0.6 is 22.9 Å². The normalized spacial score (nSPS) is 13.4. The van der Waals surface area contributed by atoms with Gasteiger partial charge in [0.25, 0.3) is 15.9 Å². The minimum Gasteiger partial charge on any atom is -0.486 e. The molecule has 0 atom stereocenters. The van der Waals surface area contributed by atoms with E-state index >= 15 is 0 Å². The number of hydrogen-bond acceptors (Lipinski definition) is 8. The standard InChI is InChI=1S/C25H20ClN3O7S2/c1-34-23(30)14-29-19-12-20-21(36-10-9-35-20)13-22(19)37-25(29)27-24(31)15-3-2-4-17(11-15)28-38(32,33)18-7-5-16(26)6-8-18/h2-8,11-13,28H,9-10,14H2,1H3. The molecule has 0 saturated carbocycles. The van der Waals surface area contributed by atoms with Crippen LogP contribution in [0.25, 0.3) is 10.2 Å². The number of nitrogens with one attached hydrogen (secondary N) is 1. The van der Waals surface area contributed by atoms with E-state index in [0.29, 0.717) is 35.3 Å². The molecule has 38 heavy (non-hydrogen) atoms. The molecule has 1 amide bonds. The highest BCUT2D eigenvalue weighted by atomic mass is 35.5. The van der Waals surface area contributed by atoms with Crippen molar-refractivity contribution in [1.82, 2.24) is 4.57 Å². The Kier molecular flexibility index (Phi) is 7.11. The Morgan fingerprint density at radius 3 is 2.50 bits per heavy atom. The van der Waals surface area contributed by atoms with Gasteiger partial charge < -0.3 is 18.8 Å². The van der Waals surface area contributed by atoms with Gasteiger partial charge in [0.2, 0.25) is 0 Å². The van der Waals surface area contributed by atoms with Gasteiger partial charge in [-0.05, 0) is 42.5 Å². The van der Waals surface area contributed by atoms with Crippen molar-refractivity contribution in [3.63, 3.8) is 0 Å². The second-order valence-corrected chi connectivity index (χ2v) is 11.2. The summed E-state index contributed by atoms with van der Waals surface area (Å²) in [5, 5.41) is 0.407. The van der Waals surface area contributed by atoms with Crippen molar-refractivity contribution in [3.8, 4) is 11.5 Å². The number of fused-ring (bicyclic) bond motifs is 2. The molecular weight excluding hydrogens is 554 g/mol. The minimum atomic E-state index is -3.91. The van der Waals surface area contributed by atoms with Crippen LogP contribution in [-0.2, 0) is 26.1 Å². The summed E-state index contributed by atoms with van der Waals surface area (Å²) in [6.07, 6.45) is 0. The molecule has 0 fully saturated rings. The van der Waals surface area contributed by atoms with Crippen molar-refractivity contribution in [1.29, 1.82) is 0 Å². The molecule has 1 N–H and O–H groups in total. The molecule has 10 nitrogen and oxygen atoms in total. The minimum absolute atomic E-state index is 0.0214. The van der Waals surface area contributed by atoms with Crippen LogP contribution in [0.4, 0.5) is 5.69 Å². The summed E-state index contributed by atoms with van der Waals surface area (Å²) in [5.41, 5.74) is 0.955. The third-order valence-corrected chi connectivity index (χ3v) is 8.23. The van der Waals surface area contributed by atoms with Crippen molar-refractivity contribution in [3.05, 3.63) is 76.1 Å². The van der Waals surface area contributed by atoms with Crippen LogP contribution in [0, 0.1) is 0 Å². The number of rotatable bonds is 6. The van der Waals surface area contributed by atoms with Gasteiger partial charge in [0.15, 0.2) is 16.3 Å². The van der Waals surface area contributed by atoms with E-state index in [-0.39, 0.29) is 27.5 Å². The smallest absolute Gasteiger partial charge is 0.325 e. The van der Waals surface area contributed by atoms with Gasteiger partial charge in [-0.2, -0.15) is 4.99 Å². The highest BCUT2D eigenvalue weighted by Gasteiger charge is 2.19. The van der Waals surface area contributed by atoms with Gasteiger partial charge in [0.05, 0.1) is 22.2 Å². The van der Waals surface area contributed by atoms with Gasteiger partial charge in [-0.3, -0.25) is 14.3 Å². The van der Waals surface area contributed by atoms with Gasteiger partial charge in [-0.15, -0.1) is 0 Å². The molecule has 4 aromatic rings. The predicted molar refractivity (Wildman–Crippen MR) is 141 cm³/mol. The molecular formula is C25H20ClN3O7S2. The number of anilines is 1. The number of ether oxygens (including phenoxy) is 3. The molecule has 0 bridgehead atoms. The Balaban J connectivity index is 1.50. The fraction of sp³-hybridized carbons (Fsp3) is 0.160. The Bertz CT molecular complexity index is 1730. The molecule has 2 heterocycles. The average Bonchev–Trinajstić information content (AvgIpc) is 3.22. The Hall–Kier alpha value is -3.87. The summed E-state index contributed by atoms with van der Waals surface area (Å²) >= 11 is 7.04. The lowest BCUT2D eigenvalue weighted by Crippen LogP contribution is -2.22. The van der Waals surface area contributed by atoms with Crippen molar-refractivity contribution < 1.29 is 32.2 Å². The van der Waals surface area contributed by atoms with E-state index < -0.39 is 21.9 Å². The van der Waals surface area contributed by atoms with Crippen molar-refractivity contribution >= 4 is 60.7 Å². The third kappa shape index (κ3) is 5.37. The molecule has 0 radical (unpaired) electrons.